The highest BCUT2D eigenvalue weighted by atomic mass is 35.5. The lowest BCUT2D eigenvalue weighted by Gasteiger charge is -2.31. The minimum absolute atomic E-state index is 0.335. The van der Waals surface area contributed by atoms with Crippen molar-refractivity contribution in [3.63, 3.8) is 0 Å². The first-order valence-corrected chi connectivity index (χ1v) is 7.69. The summed E-state index contributed by atoms with van der Waals surface area (Å²) >= 11 is 12.0. The van der Waals surface area contributed by atoms with Crippen LogP contribution in [0.25, 0.3) is 0 Å². The maximum Gasteiger partial charge on any atom is 0.133 e. The van der Waals surface area contributed by atoms with Crippen LogP contribution in [0.15, 0.2) is 30.3 Å². The molecule has 0 fully saturated rings. The molecular weight excluding hydrogens is 291 g/mol. The molecule has 0 unspecified atom stereocenters. The number of anilines is 2. The van der Waals surface area contributed by atoms with Gasteiger partial charge in [-0.25, -0.2) is 4.98 Å². The molecule has 104 valence electrons. The van der Waals surface area contributed by atoms with Crippen molar-refractivity contribution in [2.24, 2.45) is 0 Å². The van der Waals surface area contributed by atoms with Crippen LogP contribution in [0.4, 0.5) is 11.5 Å². The van der Waals surface area contributed by atoms with Gasteiger partial charge >= 0.3 is 0 Å². The molecule has 2 heterocycles. The first kappa shape index (κ1) is 13.7. The number of rotatable bonds is 2. The monoisotopic (exact) mass is 306 g/mol. The molecule has 0 N–H and O–H groups in total. The van der Waals surface area contributed by atoms with E-state index in [4.69, 9.17) is 23.2 Å². The fourth-order valence-electron chi connectivity index (χ4n) is 2.68. The van der Waals surface area contributed by atoms with E-state index in [2.05, 4.69) is 35.0 Å². The Kier molecular flexibility index (Phi) is 3.86. The summed E-state index contributed by atoms with van der Waals surface area (Å²) < 4.78 is 0. The number of halogens is 2. The normalized spacial score (nSPS) is 14.2. The van der Waals surface area contributed by atoms with Gasteiger partial charge in [-0.2, -0.15) is 0 Å². The van der Waals surface area contributed by atoms with Gasteiger partial charge in [0.15, 0.2) is 0 Å². The molecular formula is C16H16Cl2N2. The molecule has 1 aliphatic rings. The fraction of sp³-hybridized carbons (Fsp3) is 0.312. The summed E-state index contributed by atoms with van der Waals surface area (Å²) in [6, 6.07) is 10.4. The molecule has 1 aromatic heterocycles. The first-order chi connectivity index (χ1) is 9.69. The van der Waals surface area contributed by atoms with E-state index in [0.717, 1.165) is 30.9 Å². The quantitative estimate of drug-likeness (QED) is 0.736. The average molecular weight is 307 g/mol. The lowest BCUT2D eigenvalue weighted by molar-refractivity contribution is 0.757. The summed E-state index contributed by atoms with van der Waals surface area (Å²) in [4.78, 5) is 6.85. The second-order valence-corrected chi connectivity index (χ2v) is 5.79. The maximum atomic E-state index is 6.09. The van der Waals surface area contributed by atoms with Gasteiger partial charge in [0.1, 0.15) is 5.82 Å². The minimum Gasteiger partial charge on any atom is -0.326 e. The van der Waals surface area contributed by atoms with Crippen molar-refractivity contribution in [2.75, 3.05) is 11.4 Å². The van der Waals surface area contributed by atoms with E-state index >= 15 is 0 Å². The highest BCUT2D eigenvalue weighted by Crippen LogP contribution is 2.34. The van der Waals surface area contributed by atoms with Crippen LogP contribution < -0.4 is 4.90 Å². The Morgan fingerprint density at radius 2 is 2.10 bits per heavy atom. The number of hydrogen-bond acceptors (Lipinski definition) is 2. The van der Waals surface area contributed by atoms with Gasteiger partial charge in [-0.3, -0.25) is 0 Å². The topological polar surface area (TPSA) is 16.1 Å². The Hall–Kier alpha value is -1.25. The summed E-state index contributed by atoms with van der Waals surface area (Å²) in [6.45, 7) is 3.11. The standard InChI is InChI=1S/C16H16Cl2N2/c1-11-4-6-15-12(9-11)3-2-8-20(15)16-7-5-13(18)14(10-17)19-16/h4-7,9H,2-3,8,10H2,1H3. The molecule has 4 heteroatoms. The van der Waals surface area contributed by atoms with Crippen molar-refractivity contribution in [3.8, 4) is 0 Å². The van der Waals surface area contributed by atoms with Gasteiger partial charge < -0.3 is 4.90 Å². The van der Waals surface area contributed by atoms with Gasteiger partial charge in [0.05, 0.1) is 16.6 Å². The van der Waals surface area contributed by atoms with E-state index in [-0.39, 0.29) is 0 Å². The van der Waals surface area contributed by atoms with Crippen molar-refractivity contribution >= 4 is 34.7 Å². The molecule has 2 aromatic rings. The number of nitrogens with zero attached hydrogens (tertiary/aromatic N) is 2. The number of fused-ring (bicyclic) bond motifs is 1. The number of aryl methyl sites for hydroxylation is 2. The second kappa shape index (κ2) is 5.63. The third-order valence-electron chi connectivity index (χ3n) is 3.66. The SMILES string of the molecule is Cc1ccc2c(c1)CCCN2c1ccc(Cl)c(CCl)n1. The highest BCUT2D eigenvalue weighted by Gasteiger charge is 2.19. The van der Waals surface area contributed by atoms with Crippen LogP contribution in [-0.2, 0) is 12.3 Å². The number of benzene rings is 1. The lowest BCUT2D eigenvalue weighted by atomic mass is 9.99. The average Bonchev–Trinajstić information content (AvgIpc) is 2.47. The van der Waals surface area contributed by atoms with Crippen LogP contribution in [0.5, 0.6) is 0 Å². The van der Waals surface area contributed by atoms with Gasteiger partial charge in [-0.1, -0.05) is 29.3 Å². The number of alkyl halides is 1. The summed E-state index contributed by atoms with van der Waals surface area (Å²) in [5.74, 6) is 1.26. The summed E-state index contributed by atoms with van der Waals surface area (Å²) in [6.07, 6.45) is 2.26. The Balaban J connectivity index is 2.04. The zero-order valence-corrected chi connectivity index (χ0v) is 12.9. The predicted molar refractivity (Wildman–Crippen MR) is 85.3 cm³/mol. The second-order valence-electron chi connectivity index (χ2n) is 5.12. The van der Waals surface area contributed by atoms with Crippen LogP contribution in [-0.4, -0.2) is 11.5 Å². The third-order valence-corrected chi connectivity index (χ3v) is 4.26. The molecule has 20 heavy (non-hydrogen) atoms. The van der Waals surface area contributed by atoms with Crippen LogP contribution in [0.1, 0.15) is 23.2 Å². The van der Waals surface area contributed by atoms with E-state index in [1.807, 2.05) is 12.1 Å². The molecule has 0 amide bonds. The highest BCUT2D eigenvalue weighted by molar-refractivity contribution is 6.32. The van der Waals surface area contributed by atoms with Crippen LogP contribution in [0.2, 0.25) is 5.02 Å². The minimum atomic E-state index is 0.335. The van der Waals surface area contributed by atoms with Crippen LogP contribution >= 0.6 is 23.2 Å². The maximum absolute atomic E-state index is 6.09. The summed E-state index contributed by atoms with van der Waals surface area (Å²) in [5.41, 5.74) is 4.68. The molecule has 3 rings (SSSR count). The molecule has 0 radical (unpaired) electrons. The van der Waals surface area contributed by atoms with Crippen molar-refractivity contribution < 1.29 is 0 Å². The fourth-order valence-corrected chi connectivity index (χ4v) is 3.12. The first-order valence-electron chi connectivity index (χ1n) is 6.77. The Bertz CT molecular complexity index is 640. The van der Waals surface area contributed by atoms with Gasteiger partial charge in [0.25, 0.3) is 0 Å². The third kappa shape index (κ3) is 2.50. The molecule has 0 bridgehead atoms. The Labute approximate surface area is 129 Å². The molecule has 0 aliphatic carbocycles. The van der Waals surface area contributed by atoms with E-state index in [9.17, 15) is 0 Å². The van der Waals surface area contributed by atoms with Crippen molar-refractivity contribution in [1.82, 2.24) is 4.98 Å². The van der Waals surface area contributed by atoms with Crippen LogP contribution in [0, 0.1) is 6.92 Å². The van der Waals surface area contributed by atoms with E-state index in [1.165, 1.54) is 16.8 Å². The van der Waals surface area contributed by atoms with Gasteiger partial charge in [-0.15, -0.1) is 11.6 Å². The molecule has 0 atom stereocenters. The van der Waals surface area contributed by atoms with Gasteiger partial charge in [-0.05, 0) is 43.5 Å². The van der Waals surface area contributed by atoms with E-state index in [1.54, 1.807) is 0 Å². The molecule has 0 spiro atoms. The summed E-state index contributed by atoms with van der Waals surface area (Å²) in [7, 11) is 0. The Morgan fingerprint density at radius 1 is 1.25 bits per heavy atom. The van der Waals surface area contributed by atoms with Gasteiger partial charge in [0.2, 0.25) is 0 Å². The zero-order chi connectivity index (χ0) is 14.1. The lowest BCUT2D eigenvalue weighted by Crippen LogP contribution is -2.25. The smallest absolute Gasteiger partial charge is 0.133 e. The van der Waals surface area contributed by atoms with Crippen molar-refractivity contribution in [1.29, 1.82) is 0 Å². The summed E-state index contributed by atoms with van der Waals surface area (Å²) in [5, 5.41) is 0.630. The van der Waals surface area contributed by atoms with E-state index < -0.39 is 0 Å². The number of pyridine rings is 1. The largest absolute Gasteiger partial charge is 0.326 e. The van der Waals surface area contributed by atoms with E-state index in [0.29, 0.717) is 10.9 Å². The number of hydrogen-bond donors (Lipinski definition) is 0. The molecule has 1 aliphatic heterocycles. The molecule has 1 aromatic carbocycles. The zero-order valence-electron chi connectivity index (χ0n) is 11.4. The number of aromatic nitrogens is 1. The van der Waals surface area contributed by atoms with Crippen LogP contribution in [0.3, 0.4) is 0 Å². The molecule has 0 saturated heterocycles. The van der Waals surface area contributed by atoms with Crippen molar-refractivity contribution in [2.45, 2.75) is 25.6 Å². The molecule has 0 saturated carbocycles. The van der Waals surface area contributed by atoms with Gasteiger partial charge in [0, 0.05) is 12.2 Å². The Morgan fingerprint density at radius 3 is 2.90 bits per heavy atom. The predicted octanol–water partition coefficient (Wildman–Crippen LogP) is 4.87. The molecule has 2 nitrogen and oxygen atoms in total. The van der Waals surface area contributed by atoms with Crippen molar-refractivity contribution in [3.05, 3.63) is 52.2 Å².